The average molecular weight is 301 g/mol. The van der Waals surface area contributed by atoms with Crippen LogP contribution >= 0.6 is 11.8 Å². The first-order valence-electron chi connectivity index (χ1n) is 7.42. The average Bonchev–Trinajstić information content (AvgIpc) is 2.54. The van der Waals surface area contributed by atoms with Gasteiger partial charge in [0.2, 0.25) is 0 Å². The summed E-state index contributed by atoms with van der Waals surface area (Å²) in [7, 11) is 1.69. The van der Waals surface area contributed by atoms with E-state index in [1.807, 2.05) is 23.9 Å². The minimum Gasteiger partial charge on any atom is -0.497 e. The van der Waals surface area contributed by atoms with Crippen LogP contribution in [0.25, 0.3) is 0 Å². The molecule has 2 aromatic rings. The fraction of sp³-hybridized carbons (Fsp3) is 0.333. The van der Waals surface area contributed by atoms with Gasteiger partial charge in [-0.15, -0.1) is 0 Å². The molecule has 21 heavy (non-hydrogen) atoms. The minimum absolute atomic E-state index is 0.414. The van der Waals surface area contributed by atoms with Crippen LogP contribution in [0.2, 0.25) is 0 Å². The zero-order valence-corrected chi connectivity index (χ0v) is 13.7. The van der Waals surface area contributed by atoms with Crippen molar-refractivity contribution in [1.29, 1.82) is 0 Å². The maximum Gasteiger partial charge on any atom is 0.118 e. The van der Waals surface area contributed by atoms with Crippen molar-refractivity contribution >= 4 is 11.8 Å². The molecule has 0 fully saturated rings. The predicted molar refractivity (Wildman–Crippen MR) is 90.3 cm³/mol. The molecule has 2 nitrogen and oxygen atoms in total. The van der Waals surface area contributed by atoms with Crippen LogP contribution in [0.5, 0.6) is 5.75 Å². The Morgan fingerprint density at radius 2 is 1.76 bits per heavy atom. The summed E-state index contributed by atoms with van der Waals surface area (Å²) in [6.45, 7) is 5.37. The Morgan fingerprint density at radius 3 is 2.38 bits per heavy atom. The number of hydrogen-bond acceptors (Lipinski definition) is 3. The standard InChI is InChI=1S/C18H23NOS/c1-4-17(19-5-2)16-8-6-7-9-18(16)21-15-12-10-14(20-3)11-13-15/h6-13,17,19H,4-5H2,1-3H3. The van der Waals surface area contributed by atoms with Gasteiger partial charge in [0.05, 0.1) is 7.11 Å². The number of benzene rings is 2. The van der Waals surface area contributed by atoms with E-state index in [1.54, 1.807) is 7.11 Å². The second kappa shape index (κ2) is 8.11. The molecule has 112 valence electrons. The molecule has 3 heteroatoms. The number of nitrogens with one attached hydrogen (secondary N) is 1. The third-order valence-electron chi connectivity index (χ3n) is 3.44. The molecule has 0 radical (unpaired) electrons. The molecule has 2 aromatic carbocycles. The summed E-state index contributed by atoms with van der Waals surface area (Å²) in [4.78, 5) is 2.55. The van der Waals surface area contributed by atoms with Gasteiger partial charge in [0.1, 0.15) is 5.75 Å². The Kier molecular flexibility index (Phi) is 6.15. The Hall–Kier alpha value is -1.45. The highest BCUT2D eigenvalue weighted by atomic mass is 32.2. The van der Waals surface area contributed by atoms with Crippen molar-refractivity contribution in [3.05, 3.63) is 54.1 Å². The molecule has 0 aliphatic carbocycles. The maximum atomic E-state index is 5.21. The van der Waals surface area contributed by atoms with Gasteiger partial charge in [-0.05, 0) is 48.9 Å². The molecular formula is C18H23NOS. The summed E-state index contributed by atoms with van der Waals surface area (Å²) in [5.41, 5.74) is 1.38. The van der Waals surface area contributed by atoms with Gasteiger partial charge in [0.25, 0.3) is 0 Å². The van der Waals surface area contributed by atoms with E-state index in [2.05, 4.69) is 55.6 Å². The number of ether oxygens (including phenoxy) is 1. The van der Waals surface area contributed by atoms with E-state index in [-0.39, 0.29) is 0 Å². The van der Waals surface area contributed by atoms with E-state index in [1.165, 1.54) is 15.4 Å². The molecule has 0 aliphatic heterocycles. The zero-order valence-electron chi connectivity index (χ0n) is 12.9. The third kappa shape index (κ3) is 4.26. The Balaban J connectivity index is 2.22. The summed E-state index contributed by atoms with van der Waals surface area (Å²) in [6, 6.07) is 17.3. The molecule has 0 spiro atoms. The van der Waals surface area contributed by atoms with E-state index >= 15 is 0 Å². The molecule has 1 unspecified atom stereocenters. The summed E-state index contributed by atoms with van der Waals surface area (Å²) >= 11 is 1.81. The van der Waals surface area contributed by atoms with Crippen molar-refractivity contribution in [3.8, 4) is 5.75 Å². The number of rotatable bonds is 7. The van der Waals surface area contributed by atoms with E-state index in [0.717, 1.165) is 18.7 Å². The highest BCUT2D eigenvalue weighted by Gasteiger charge is 2.12. The molecule has 0 saturated carbocycles. The zero-order chi connectivity index (χ0) is 15.1. The smallest absolute Gasteiger partial charge is 0.118 e. The van der Waals surface area contributed by atoms with Crippen molar-refractivity contribution in [1.82, 2.24) is 5.32 Å². The molecule has 1 atom stereocenters. The largest absolute Gasteiger partial charge is 0.497 e. The van der Waals surface area contributed by atoms with Crippen LogP contribution in [0.15, 0.2) is 58.3 Å². The van der Waals surface area contributed by atoms with E-state index in [9.17, 15) is 0 Å². The van der Waals surface area contributed by atoms with E-state index < -0.39 is 0 Å². The van der Waals surface area contributed by atoms with Gasteiger partial charge in [-0.3, -0.25) is 0 Å². The van der Waals surface area contributed by atoms with Crippen molar-refractivity contribution in [3.63, 3.8) is 0 Å². The molecule has 0 heterocycles. The second-order valence-corrected chi connectivity index (χ2v) is 5.95. The van der Waals surface area contributed by atoms with Crippen LogP contribution in [0.3, 0.4) is 0 Å². The molecule has 0 bridgehead atoms. The molecule has 0 saturated heterocycles. The quantitative estimate of drug-likeness (QED) is 0.785. The number of hydrogen-bond donors (Lipinski definition) is 1. The van der Waals surface area contributed by atoms with Crippen LogP contribution < -0.4 is 10.1 Å². The highest BCUT2D eigenvalue weighted by molar-refractivity contribution is 7.99. The first kappa shape index (κ1) is 15.9. The normalized spacial score (nSPS) is 12.1. The Labute approximate surface area is 131 Å². The maximum absolute atomic E-state index is 5.21. The predicted octanol–water partition coefficient (Wildman–Crippen LogP) is 4.91. The fourth-order valence-electron chi connectivity index (χ4n) is 2.35. The Bertz CT molecular complexity index is 553. The molecule has 2 rings (SSSR count). The number of methoxy groups -OCH3 is 1. The monoisotopic (exact) mass is 301 g/mol. The van der Waals surface area contributed by atoms with Crippen LogP contribution in [-0.2, 0) is 0 Å². The third-order valence-corrected chi connectivity index (χ3v) is 4.54. The van der Waals surface area contributed by atoms with Crippen molar-refractivity contribution in [2.75, 3.05) is 13.7 Å². The van der Waals surface area contributed by atoms with Gasteiger partial charge in [0, 0.05) is 15.8 Å². The first-order chi connectivity index (χ1) is 10.3. The lowest BCUT2D eigenvalue weighted by Gasteiger charge is -2.19. The summed E-state index contributed by atoms with van der Waals surface area (Å²) < 4.78 is 5.21. The van der Waals surface area contributed by atoms with Crippen LogP contribution in [0.1, 0.15) is 31.9 Å². The van der Waals surface area contributed by atoms with Gasteiger partial charge < -0.3 is 10.1 Å². The molecule has 0 aromatic heterocycles. The van der Waals surface area contributed by atoms with Crippen LogP contribution in [0.4, 0.5) is 0 Å². The lowest BCUT2D eigenvalue weighted by molar-refractivity contribution is 0.414. The van der Waals surface area contributed by atoms with Gasteiger partial charge in [-0.25, -0.2) is 0 Å². The molecular weight excluding hydrogens is 278 g/mol. The topological polar surface area (TPSA) is 21.3 Å². The lowest BCUT2D eigenvalue weighted by atomic mass is 10.0. The van der Waals surface area contributed by atoms with E-state index in [0.29, 0.717) is 6.04 Å². The van der Waals surface area contributed by atoms with Crippen LogP contribution in [0, 0.1) is 0 Å². The first-order valence-corrected chi connectivity index (χ1v) is 8.24. The summed E-state index contributed by atoms with van der Waals surface area (Å²) in [5, 5.41) is 3.56. The van der Waals surface area contributed by atoms with Crippen LogP contribution in [-0.4, -0.2) is 13.7 Å². The van der Waals surface area contributed by atoms with Crippen molar-refractivity contribution < 1.29 is 4.74 Å². The van der Waals surface area contributed by atoms with Crippen molar-refractivity contribution in [2.45, 2.75) is 36.1 Å². The highest BCUT2D eigenvalue weighted by Crippen LogP contribution is 2.34. The fourth-order valence-corrected chi connectivity index (χ4v) is 3.35. The molecule has 1 N–H and O–H groups in total. The van der Waals surface area contributed by atoms with Gasteiger partial charge in [0.15, 0.2) is 0 Å². The molecule has 0 amide bonds. The van der Waals surface area contributed by atoms with Gasteiger partial charge in [-0.1, -0.05) is 43.8 Å². The molecule has 0 aliphatic rings. The summed E-state index contributed by atoms with van der Waals surface area (Å²) in [5.74, 6) is 0.895. The lowest BCUT2D eigenvalue weighted by Crippen LogP contribution is -2.20. The van der Waals surface area contributed by atoms with E-state index in [4.69, 9.17) is 4.74 Å². The minimum atomic E-state index is 0.414. The SMILES string of the molecule is CCNC(CC)c1ccccc1Sc1ccc(OC)cc1. The van der Waals surface area contributed by atoms with Gasteiger partial charge >= 0.3 is 0 Å². The summed E-state index contributed by atoms with van der Waals surface area (Å²) in [6.07, 6.45) is 1.09. The Morgan fingerprint density at radius 1 is 1.05 bits per heavy atom. The van der Waals surface area contributed by atoms with Gasteiger partial charge in [-0.2, -0.15) is 0 Å². The second-order valence-electron chi connectivity index (χ2n) is 4.83. The van der Waals surface area contributed by atoms with Crippen molar-refractivity contribution in [2.24, 2.45) is 0 Å².